The molecule has 0 saturated carbocycles. The van der Waals surface area contributed by atoms with Crippen molar-refractivity contribution in [2.75, 3.05) is 5.32 Å². The zero-order valence-electron chi connectivity index (χ0n) is 15.8. The van der Waals surface area contributed by atoms with E-state index in [0.717, 1.165) is 16.7 Å². The predicted molar refractivity (Wildman–Crippen MR) is 110 cm³/mol. The standard InChI is InChI=1S/C21H17N5O3/c1-12-5-6-13(14-4-3-9-22-11-14)10-17(12)24-20(28)16-8-7-15-18(23-16)26(2)21(29)25-19(15)27/h3-11H,1-2H3,(H,24,28)(H,25,27,29). The van der Waals surface area contributed by atoms with Crippen LogP contribution in [0.3, 0.4) is 0 Å². The van der Waals surface area contributed by atoms with Gasteiger partial charge in [-0.3, -0.25) is 24.1 Å². The minimum atomic E-state index is -0.590. The molecular formula is C21H17N5O3. The van der Waals surface area contributed by atoms with Gasteiger partial charge in [-0.1, -0.05) is 18.2 Å². The molecule has 8 heteroatoms. The Hall–Kier alpha value is -4.07. The maximum absolute atomic E-state index is 12.8. The van der Waals surface area contributed by atoms with E-state index < -0.39 is 17.2 Å². The van der Waals surface area contributed by atoms with Gasteiger partial charge in [0.2, 0.25) is 0 Å². The van der Waals surface area contributed by atoms with Crippen LogP contribution in [0.15, 0.2) is 64.4 Å². The molecule has 0 aliphatic carbocycles. The normalized spacial score (nSPS) is 10.8. The maximum Gasteiger partial charge on any atom is 0.329 e. The lowest BCUT2D eigenvalue weighted by molar-refractivity contribution is 0.102. The summed E-state index contributed by atoms with van der Waals surface area (Å²) in [6.07, 6.45) is 3.45. The molecule has 3 aromatic heterocycles. The Labute approximate surface area is 164 Å². The van der Waals surface area contributed by atoms with E-state index in [1.165, 1.54) is 23.7 Å². The number of rotatable bonds is 3. The van der Waals surface area contributed by atoms with E-state index in [2.05, 4.69) is 20.3 Å². The first-order valence-electron chi connectivity index (χ1n) is 8.86. The third-order valence-corrected chi connectivity index (χ3v) is 4.68. The van der Waals surface area contributed by atoms with Crippen LogP contribution in [0, 0.1) is 6.92 Å². The van der Waals surface area contributed by atoms with E-state index in [0.29, 0.717) is 5.69 Å². The number of amides is 1. The summed E-state index contributed by atoms with van der Waals surface area (Å²) in [5.41, 5.74) is 2.49. The molecule has 0 aliphatic rings. The first-order valence-corrected chi connectivity index (χ1v) is 8.86. The van der Waals surface area contributed by atoms with Crippen LogP contribution < -0.4 is 16.6 Å². The summed E-state index contributed by atoms with van der Waals surface area (Å²) >= 11 is 0. The number of carbonyl (C=O) groups is 1. The number of aryl methyl sites for hydroxylation is 2. The molecule has 1 aromatic carbocycles. The van der Waals surface area contributed by atoms with Gasteiger partial charge in [0.15, 0.2) is 0 Å². The fourth-order valence-corrected chi connectivity index (χ4v) is 3.01. The third-order valence-electron chi connectivity index (χ3n) is 4.68. The lowest BCUT2D eigenvalue weighted by Gasteiger charge is -2.11. The average molecular weight is 387 g/mol. The Morgan fingerprint density at radius 2 is 1.93 bits per heavy atom. The summed E-state index contributed by atoms with van der Waals surface area (Å²) in [5, 5.41) is 3.09. The molecule has 0 radical (unpaired) electrons. The molecule has 1 amide bonds. The molecule has 0 fully saturated rings. The maximum atomic E-state index is 12.8. The molecule has 4 rings (SSSR count). The van der Waals surface area contributed by atoms with Gasteiger partial charge in [-0.2, -0.15) is 0 Å². The predicted octanol–water partition coefficient (Wildman–Crippen LogP) is 2.24. The van der Waals surface area contributed by atoms with Crippen LogP contribution in [0.25, 0.3) is 22.2 Å². The molecule has 0 aliphatic heterocycles. The first kappa shape index (κ1) is 18.3. The number of hydrogen-bond acceptors (Lipinski definition) is 5. The summed E-state index contributed by atoms with van der Waals surface area (Å²) in [4.78, 5) is 47.1. The molecular weight excluding hydrogens is 370 g/mol. The van der Waals surface area contributed by atoms with Crippen LogP contribution in [0.1, 0.15) is 16.1 Å². The second-order valence-corrected chi connectivity index (χ2v) is 6.61. The van der Waals surface area contributed by atoms with Gasteiger partial charge in [0, 0.05) is 30.7 Å². The smallest absolute Gasteiger partial charge is 0.320 e. The first-order chi connectivity index (χ1) is 13.9. The highest BCUT2D eigenvalue weighted by Gasteiger charge is 2.14. The number of nitrogens with one attached hydrogen (secondary N) is 2. The largest absolute Gasteiger partial charge is 0.329 e. The van der Waals surface area contributed by atoms with Gasteiger partial charge < -0.3 is 5.32 Å². The summed E-state index contributed by atoms with van der Waals surface area (Å²) in [6.45, 7) is 1.89. The highest BCUT2D eigenvalue weighted by atomic mass is 16.2. The SMILES string of the molecule is Cc1ccc(-c2cccnc2)cc1NC(=O)c1ccc2c(=O)[nH]c(=O)n(C)c2n1. The van der Waals surface area contributed by atoms with E-state index in [1.54, 1.807) is 12.4 Å². The van der Waals surface area contributed by atoms with Crippen LogP contribution in [0.2, 0.25) is 0 Å². The van der Waals surface area contributed by atoms with Crippen molar-refractivity contribution >= 4 is 22.6 Å². The van der Waals surface area contributed by atoms with E-state index >= 15 is 0 Å². The van der Waals surface area contributed by atoms with E-state index in [9.17, 15) is 14.4 Å². The van der Waals surface area contributed by atoms with Gasteiger partial charge in [0.25, 0.3) is 11.5 Å². The van der Waals surface area contributed by atoms with Crippen LogP contribution >= 0.6 is 0 Å². The molecule has 0 bridgehead atoms. The fourth-order valence-electron chi connectivity index (χ4n) is 3.01. The Balaban J connectivity index is 1.71. The van der Waals surface area contributed by atoms with Gasteiger partial charge in [-0.15, -0.1) is 0 Å². The van der Waals surface area contributed by atoms with Crippen LogP contribution in [0.5, 0.6) is 0 Å². The molecule has 0 spiro atoms. The molecule has 2 N–H and O–H groups in total. The molecule has 0 saturated heterocycles. The summed E-state index contributed by atoms with van der Waals surface area (Å²) in [7, 11) is 1.48. The number of fused-ring (bicyclic) bond motifs is 1. The molecule has 3 heterocycles. The number of pyridine rings is 2. The van der Waals surface area contributed by atoms with E-state index in [1.807, 2.05) is 37.3 Å². The third kappa shape index (κ3) is 3.43. The highest BCUT2D eigenvalue weighted by molar-refractivity contribution is 6.04. The summed E-state index contributed by atoms with van der Waals surface area (Å²) in [6, 6.07) is 12.5. The van der Waals surface area contributed by atoms with Gasteiger partial charge in [0.1, 0.15) is 11.3 Å². The van der Waals surface area contributed by atoms with Crippen molar-refractivity contribution < 1.29 is 4.79 Å². The highest BCUT2D eigenvalue weighted by Crippen LogP contribution is 2.25. The fraction of sp³-hybridized carbons (Fsp3) is 0.0952. The number of H-pyrrole nitrogens is 1. The minimum Gasteiger partial charge on any atom is -0.320 e. The van der Waals surface area contributed by atoms with Crippen molar-refractivity contribution in [1.29, 1.82) is 0 Å². The average Bonchev–Trinajstić information content (AvgIpc) is 2.74. The minimum absolute atomic E-state index is 0.101. The number of nitrogens with zero attached hydrogens (tertiary/aromatic N) is 3. The molecule has 29 heavy (non-hydrogen) atoms. The van der Waals surface area contributed by atoms with Gasteiger partial charge in [0.05, 0.1) is 5.39 Å². The number of benzene rings is 1. The Bertz CT molecular complexity index is 1360. The van der Waals surface area contributed by atoms with Gasteiger partial charge in [-0.05, 0) is 42.3 Å². The number of aromatic amines is 1. The molecule has 8 nitrogen and oxygen atoms in total. The molecule has 4 aromatic rings. The van der Waals surface area contributed by atoms with Crippen molar-refractivity contribution in [3.63, 3.8) is 0 Å². The van der Waals surface area contributed by atoms with Gasteiger partial charge in [-0.25, -0.2) is 9.78 Å². The number of carbonyl (C=O) groups excluding carboxylic acids is 1. The number of hydrogen-bond donors (Lipinski definition) is 2. The van der Waals surface area contributed by atoms with E-state index in [4.69, 9.17) is 0 Å². The number of aromatic nitrogens is 4. The monoisotopic (exact) mass is 387 g/mol. The lowest BCUT2D eigenvalue weighted by atomic mass is 10.0. The Kier molecular flexibility index (Phi) is 4.52. The van der Waals surface area contributed by atoms with Crippen molar-refractivity contribution in [3.05, 3.63) is 87.0 Å². The summed E-state index contributed by atoms with van der Waals surface area (Å²) in [5.74, 6) is -0.439. The second-order valence-electron chi connectivity index (χ2n) is 6.61. The Morgan fingerprint density at radius 1 is 1.10 bits per heavy atom. The second kappa shape index (κ2) is 7.16. The molecule has 0 unspecified atom stereocenters. The van der Waals surface area contributed by atoms with Crippen molar-refractivity contribution in [2.45, 2.75) is 6.92 Å². The number of anilines is 1. The summed E-state index contributed by atoms with van der Waals surface area (Å²) < 4.78 is 1.20. The molecule has 144 valence electrons. The zero-order valence-corrected chi connectivity index (χ0v) is 15.8. The zero-order chi connectivity index (χ0) is 20.5. The lowest BCUT2D eigenvalue weighted by Crippen LogP contribution is -2.29. The Morgan fingerprint density at radius 3 is 2.69 bits per heavy atom. The molecule has 0 atom stereocenters. The van der Waals surface area contributed by atoms with Crippen LogP contribution in [-0.4, -0.2) is 25.4 Å². The van der Waals surface area contributed by atoms with Crippen molar-refractivity contribution in [2.24, 2.45) is 7.05 Å². The van der Waals surface area contributed by atoms with Gasteiger partial charge >= 0.3 is 5.69 Å². The topological polar surface area (TPSA) is 110 Å². The quantitative estimate of drug-likeness (QED) is 0.560. The van der Waals surface area contributed by atoms with Crippen LogP contribution in [-0.2, 0) is 7.05 Å². The van der Waals surface area contributed by atoms with E-state index in [-0.39, 0.29) is 16.7 Å². The van der Waals surface area contributed by atoms with Crippen molar-refractivity contribution in [3.8, 4) is 11.1 Å². The van der Waals surface area contributed by atoms with Crippen LogP contribution in [0.4, 0.5) is 5.69 Å². The van der Waals surface area contributed by atoms with Crippen molar-refractivity contribution in [1.82, 2.24) is 19.5 Å².